The van der Waals surface area contributed by atoms with Gasteiger partial charge >= 0.3 is 5.97 Å². The molecule has 0 unspecified atom stereocenters. The van der Waals surface area contributed by atoms with Crippen LogP contribution in [0.3, 0.4) is 0 Å². The summed E-state index contributed by atoms with van der Waals surface area (Å²) >= 11 is 0. The Bertz CT molecular complexity index is 1360. The first-order valence-electron chi connectivity index (χ1n) is 16.0. The van der Waals surface area contributed by atoms with Crippen molar-refractivity contribution >= 4 is 43.1 Å². The molecule has 17 heteroatoms. The van der Waals surface area contributed by atoms with Crippen molar-refractivity contribution in [1.29, 1.82) is 0 Å². The smallest absolute Gasteiger partial charge is 0.371 e. The molecule has 1 heterocycles. The maximum absolute atomic E-state index is 12.8. The average molecular weight is 693 g/mol. The molecule has 1 aliphatic rings. The fourth-order valence-corrected chi connectivity index (χ4v) is 4.21. The van der Waals surface area contributed by atoms with Crippen LogP contribution in [-0.4, -0.2) is 103 Å². The van der Waals surface area contributed by atoms with Crippen molar-refractivity contribution in [2.24, 2.45) is 11.1 Å². The highest BCUT2D eigenvalue weighted by molar-refractivity contribution is 6.55. The zero-order chi connectivity index (χ0) is 36.9. The number of aliphatic carboxylic acids is 1. The maximum Gasteiger partial charge on any atom is 0.371 e. The minimum Gasteiger partial charge on any atom is -0.475 e. The Morgan fingerprint density at radius 3 is 2.37 bits per heavy atom. The van der Waals surface area contributed by atoms with Gasteiger partial charge in [0, 0.05) is 19.5 Å². The number of benzene rings is 1. The van der Waals surface area contributed by atoms with Crippen LogP contribution in [-0.2, 0) is 40.0 Å². The third-order valence-electron chi connectivity index (χ3n) is 7.10. The molecule has 0 aliphatic carbocycles. The molecule has 0 aromatic heterocycles. The normalized spacial score (nSPS) is 18.3. The van der Waals surface area contributed by atoms with Gasteiger partial charge in [0.05, 0.1) is 29.4 Å². The number of carboxylic acids is 1. The second-order valence-electron chi connectivity index (χ2n) is 13.3. The molecule has 0 saturated heterocycles. The largest absolute Gasteiger partial charge is 0.475 e. The van der Waals surface area contributed by atoms with E-state index in [1.807, 2.05) is 34.6 Å². The Balaban J connectivity index is 1.87. The number of anilines is 1. The SMILES string of the molecule is BC(=O)OCc1ccc(O[C@@H]2OC(C(=O)O)=C[C@H](O)[C@H]2O)c(NC(=O)CCNC(=O)[C@@H](N)CCCCNC(=O)C(C)(C)COC(C)(C)C)c1. The number of nitrogens with one attached hydrogen (secondary N) is 3. The van der Waals surface area contributed by atoms with E-state index in [0.717, 1.165) is 6.08 Å². The molecular formula is C32H49BN4O12. The van der Waals surface area contributed by atoms with E-state index in [1.54, 1.807) is 0 Å². The number of hydrogen-bond donors (Lipinski definition) is 7. The summed E-state index contributed by atoms with van der Waals surface area (Å²) in [7, 11) is 1.23. The molecule has 0 fully saturated rings. The molecular weight excluding hydrogens is 643 g/mol. The second kappa shape index (κ2) is 18.5. The number of amides is 3. The minimum absolute atomic E-state index is 0.0487. The molecule has 272 valence electrons. The maximum atomic E-state index is 12.8. The monoisotopic (exact) mass is 692 g/mol. The Morgan fingerprint density at radius 2 is 1.73 bits per heavy atom. The molecule has 1 aliphatic heterocycles. The third kappa shape index (κ3) is 14.4. The van der Waals surface area contributed by atoms with E-state index < -0.39 is 59.4 Å². The molecule has 2 rings (SSSR count). The van der Waals surface area contributed by atoms with Crippen LogP contribution in [0.25, 0.3) is 0 Å². The van der Waals surface area contributed by atoms with Gasteiger partial charge in [0.25, 0.3) is 6.29 Å². The first-order valence-corrected chi connectivity index (χ1v) is 16.0. The van der Waals surface area contributed by atoms with E-state index in [0.29, 0.717) is 31.4 Å². The van der Waals surface area contributed by atoms with Gasteiger partial charge in [-0.05, 0) is 77.7 Å². The Kier molecular flexibility index (Phi) is 15.5. The fraction of sp³-hybridized carbons (Fsp3) is 0.594. The number of carbonyl (C=O) groups is 5. The summed E-state index contributed by atoms with van der Waals surface area (Å²) in [5, 5.41) is 37.7. The van der Waals surface area contributed by atoms with Gasteiger partial charge in [-0.15, -0.1) is 0 Å². The van der Waals surface area contributed by atoms with Crippen LogP contribution >= 0.6 is 0 Å². The summed E-state index contributed by atoms with van der Waals surface area (Å²) in [4.78, 5) is 60.5. The van der Waals surface area contributed by atoms with Crippen LogP contribution in [0.5, 0.6) is 5.75 Å². The Labute approximate surface area is 286 Å². The second-order valence-corrected chi connectivity index (χ2v) is 13.3. The van der Waals surface area contributed by atoms with Crippen molar-refractivity contribution in [3.63, 3.8) is 0 Å². The van der Waals surface area contributed by atoms with Gasteiger partial charge in [-0.2, -0.15) is 0 Å². The predicted molar refractivity (Wildman–Crippen MR) is 179 cm³/mol. The number of nitrogens with two attached hydrogens (primary N) is 1. The lowest BCUT2D eigenvalue weighted by Gasteiger charge is -2.31. The highest BCUT2D eigenvalue weighted by Gasteiger charge is 2.37. The van der Waals surface area contributed by atoms with Gasteiger partial charge in [-0.3, -0.25) is 19.2 Å². The van der Waals surface area contributed by atoms with Crippen molar-refractivity contribution in [1.82, 2.24) is 10.6 Å². The van der Waals surface area contributed by atoms with Crippen LogP contribution in [0.15, 0.2) is 30.0 Å². The Hall–Kier alpha value is -4.19. The molecule has 16 nitrogen and oxygen atoms in total. The quantitative estimate of drug-likeness (QED) is 0.0809. The van der Waals surface area contributed by atoms with Gasteiger partial charge in [0.15, 0.2) is 6.10 Å². The van der Waals surface area contributed by atoms with Gasteiger partial charge in [-0.25, -0.2) is 4.79 Å². The van der Waals surface area contributed by atoms with Crippen molar-refractivity contribution < 1.29 is 58.2 Å². The van der Waals surface area contributed by atoms with E-state index in [2.05, 4.69) is 16.0 Å². The topological polar surface area (TPSA) is 245 Å². The minimum atomic E-state index is -1.66. The van der Waals surface area contributed by atoms with E-state index in [9.17, 15) is 39.3 Å². The lowest BCUT2D eigenvalue weighted by Crippen LogP contribution is -2.46. The van der Waals surface area contributed by atoms with Gasteiger partial charge in [0.2, 0.25) is 37.2 Å². The van der Waals surface area contributed by atoms with Crippen LogP contribution < -0.4 is 26.4 Å². The van der Waals surface area contributed by atoms with E-state index in [4.69, 9.17) is 24.7 Å². The van der Waals surface area contributed by atoms with Crippen molar-refractivity contribution in [3.05, 3.63) is 35.6 Å². The number of unbranched alkanes of at least 4 members (excludes halogenated alkanes) is 1. The van der Waals surface area contributed by atoms with Gasteiger partial charge in [-0.1, -0.05) is 6.07 Å². The zero-order valence-electron chi connectivity index (χ0n) is 28.9. The predicted octanol–water partition coefficient (Wildman–Crippen LogP) is 0.282. The molecule has 8 N–H and O–H groups in total. The molecule has 0 radical (unpaired) electrons. The fourth-order valence-electron chi connectivity index (χ4n) is 4.21. The van der Waals surface area contributed by atoms with Gasteiger partial charge < -0.3 is 56.0 Å². The molecule has 0 spiro atoms. The first-order chi connectivity index (χ1) is 22.8. The lowest BCUT2D eigenvalue weighted by atomic mass is 9.93. The molecule has 0 bridgehead atoms. The molecule has 1 aromatic carbocycles. The average Bonchev–Trinajstić information content (AvgIpc) is 3.01. The standard InChI is InChI=1S/C32H49BN4O12/c1-31(2,3)47-17-32(4,5)29(44)36-12-7-6-8-19(34)26(41)35-13-11-24(39)37-20-14-18(16-46-30(33)45)9-10-22(20)48-28-25(40)21(38)15-23(49-28)27(42)43/h9-10,14-15,19,21,25,28,38,40H,6-8,11-13,16-17,33-34H2,1-5H3,(H,35,41)(H,36,44)(H,37,39)(H,42,43)/t19-,21-,25+,28+/m0/s1. The van der Waals surface area contributed by atoms with Gasteiger partial charge in [0.1, 0.15) is 18.5 Å². The highest BCUT2D eigenvalue weighted by atomic mass is 16.7. The first kappa shape index (κ1) is 41.0. The van der Waals surface area contributed by atoms with E-state index in [1.165, 1.54) is 26.0 Å². The summed E-state index contributed by atoms with van der Waals surface area (Å²) < 4.78 is 21.5. The number of ether oxygens (including phenoxy) is 4. The molecule has 0 saturated carbocycles. The third-order valence-corrected chi connectivity index (χ3v) is 7.10. The van der Waals surface area contributed by atoms with Crippen molar-refractivity contribution in [2.45, 2.75) is 97.0 Å². The number of carbonyl (C=O) groups excluding carboxylic acids is 4. The summed E-state index contributed by atoms with van der Waals surface area (Å²) in [6, 6.07) is 3.50. The number of rotatable bonds is 18. The van der Waals surface area contributed by atoms with E-state index >= 15 is 0 Å². The van der Waals surface area contributed by atoms with Crippen molar-refractivity contribution in [2.75, 3.05) is 25.0 Å². The lowest BCUT2D eigenvalue weighted by molar-refractivity contribution is -0.172. The summed E-state index contributed by atoms with van der Waals surface area (Å²) in [6.45, 7) is 9.91. The zero-order valence-corrected chi connectivity index (χ0v) is 28.9. The van der Waals surface area contributed by atoms with Crippen LogP contribution in [0.4, 0.5) is 10.5 Å². The summed E-state index contributed by atoms with van der Waals surface area (Å²) in [6.07, 6.45) is -2.68. The highest BCUT2D eigenvalue weighted by Crippen LogP contribution is 2.30. The van der Waals surface area contributed by atoms with Crippen LogP contribution in [0.2, 0.25) is 0 Å². The molecule has 3 amide bonds. The summed E-state index contributed by atoms with van der Waals surface area (Å²) in [5.74, 6) is -3.84. The number of aliphatic hydroxyl groups excluding tert-OH is 2. The van der Waals surface area contributed by atoms with Crippen LogP contribution in [0.1, 0.15) is 65.9 Å². The number of hydrogen-bond acceptors (Lipinski definition) is 12. The van der Waals surface area contributed by atoms with Crippen molar-refractivity contribution in [3.8, 4) is 5.75 Å². The van der Waals surface area contributed by atoms with Crippen LogP contribution in [0, 0.1) is 5.41 Å². The Morgan fingerprint density at radius 1 is 1.04 bits per heavy atom. The molecule has 49 heavy (non-hydrogen) atoms. The summed E-state index contributed by atoms with van der Waals surface area (Å²) in [5.41, 5.74) is 5.49. The van der Waals surface area contributed by atoms with E-state index in [-0.39, 0.29) is 49.1 Å². The molecule has 4 atom stereocenters. The number of aliphatic hydroxyl groups is 2. The number of carboxylic acid groups (broad SMARTS) is 1. The molecule has 1 aromatic rings.